The molecule has 11 nitrogen and oxygen atoms in total. The van der Waals surface area contributed by atoms with Gasteiger partial charge in [-0.3, -0.25) is 19.4 Å². The second-order valence-electron chi connectivity index (χ2n) is 7.88. The van der Waals surface area contributed by atoms with Crippen molar-refractivity contribution in [2.24, 2.45) is 5.73 Å². The van der Waals surface area contributed by atoms with E-state index >= 15 is 0 Å². The number of nitrogens with zero attached hydrogens (tertiary/aromatic N) is 3. The van der Waals surface area contributed by atoms with Gasteiger partial charge in [0.1, 0.15) is 0 Å². The minimum atomic E-state index is -1.22. The zero-order valence-corrected chi connectivity index (χ0v) is 18.9. The Morgan fingerprint density at radius 2 is 1.76 bits per heavy atom. The lowest BCUT2D eigenvalue weighted by Gasteiger charge is -2.34. The number of aliphatic carboxylic acids is 1. The standard InChI is InChI=1S/C23H28N4O7/c1-2-34-23(33)27-10-8-26(9-11-27)18(29)13-17-20(21(24)30)19(15(7-12-28)22(31)32)14-5-3-4-6-16(14)25-17/h3-6,15,28H,2,7-13H2,1H3,(H2,24,30)(H,31,32). The maximum Gasteiger partial charge on any atom is 0.409 e. The summed E-state index contributed by atoms with van der Waals surface area (Å²) in [5, 5.41) is 19.7. The summed E-state index contributed by atoms with van der Waals surface area (Å²) in [5.41, 5.74) is 6.20. The van der Waals surface area contributed by atoms with Crippen LogP contribution in [0, 0.1) is 0 Å². The summed E-state index contributed by atoms with van der Waals surface area (Å²) < 4.78 is 4.99. The summed E-state index contributed by atoms with van der Waals surface area (Å²) in [6.07, 6.45) is -0.830. The number of aromatic nitrogens is 1. The second kappa shape index (κ2) is 10.9. The molecule has 0 spiro atoms. The Morgan fingerprint density at radius 1 is 1.12 bits per heavy atom. The Bertz CT molecular complexity index is 1100. The number of amides is 3. The van der Waals surface area contributed by atoms with E-state index in [0.717, 1.165) is 0 Å². The van der Waals surface area contributed by atoms with Gasteiger partial charge >= 0.3 is 12.1 Å². The molecular weight excluding hydrogens is 444 g/mol. The van der Waals surface area contributed by atoms with E-state index in [1.165, 1.54) is 4.90 Å². The molecule has 11 heteroatoms. The number of para-hydroxylation sites is 1. The van der Waals surface area contributed by atoms with Gasteiger partial charge in [0.05, 0.1) is 35.7 Å². The number of rotatable bonds is 8. The van der Waals surface area contributed by atoms with E-state index in [4.69, 9.17) is 10.5 Å². The predicted molar refractivity (Wildman–Crippen MR) is 121 cm³/mol. The molecule has 1 aromatic heterocycles. The van der Waals surface area contributed by atoms with E-state index in [0.29, 0.717) is 24.0 Å². The van der Waals surface area contributed by atoms with Crippen LogP contribution in [0.5, 0.6) is 0 Å². The summed E-state index contributed by atoms with van der Waals surface area (Å²) in [5.74, 6) is -3.65. The van der Waals surface area contributed by atoms with Gasteiger partial charge in [-0.15, -0.1) is 0 Å². The minimum absolute atomic E-state index is 0.0863. The SMILES string of the molecule is CCOC(=O)N1CCN(C(=O)Cc2nc3ccccc3c(C(CCO)C(=O)O)c2C(N)=O)CC1. The second-order valence-corrected chi connectivity index (χ2v) is 7.88. The maximum absolute atomic E-state index is 13.1. The van der Waals surface area contributed by atoms with Crippen molar-refractivity contribution in [2.45, 2.75) is 25.7 Å². The van der Waals surface area contributed by atoms with Crippen LogP contribution in [-0.2, 0) is 20.7 Å². The number of carbonyl (C=O) groups excluding carboxylic acids is 3. The first-order valence-corrected chi connectivity index (χ1v) is 11.0. The molecule has 34 heavy (non-hydrogen) atoms. The van der Waals surface area contributed by atoms with Crippen LogP contribution in [0.2, 0.25) is 0 Å². The van der Waals surface area contributed by atoms with Crippen molar-refractivity contribution >= 4 is 34.8 Å². The maximum atomic E-state index is 13.1. The fourth-order valence-corrected chi connectivity index (χ4v) is 4.18. The Hall–Kier alpha value is -3.73. The first kappa shape index (κ1) is 24.9. The lowest BCUT2D eigenvalue weighted by molar-refractivity contribution is -0.139. The van der Waals surface area contributed by atoms with Crippen molar-refractivity contribution in [1.29, 1.82) is 0 Å². The zero-order chi connectivity index (χ0) is 24.8. The molecule has 3 rings (SSSR count). The van der Waals surface area contributed by atoms with Crippen molar-refractivity contribution in [2.75, 3.05) is 39.4 Å². The summed E-state index contributed by atoms with van der Waals surface area (Å²) in [6.45, 7) is 2.75. The molecule has 0 saturated carbocycles. The fraction of sp³-hybridized carbons (Fsp3) is 0.435. The molecule has 2 aromatic rings. The van der Waals surface area contributed by atoms with Gasteiger partial charge in [0.25, 0.3) is 5.91 Å². The molecule has 182 valence electrons. The number of carboxylic acids is 1. The number of nitrogens with two attached hydrogens (primary N) is 1. The van der Waals surface area contributed by atoms with Crippen molar-refractivity contribution < 1.29 is 34.1 Å². The third-order valence-electron chi connectivity index (χ3n) is 5.80. The zero-order valence-electron chi connectivity index (χ0n) is 18.9. The van der Waals surface area contributed by atoms with E-state index in [-0.39, 0.29) is 55.3 Å². The summed E-state index contributed by atoms with van der Waals surface area (Å²) in [6, 6.07) is 6.69. The first-order chi connectivity index (χ1) is 16.3. The molecule has 0 radical (unpaired) electrons. The van der Waals surface area contributed by atoms with Gasteiger partial charge in [-0.1, -0.05) is 18.2 Å². The number of primary amides is 1. The van der Waals surface area contributed by atoms with Crippen LogP contribution in [0.25, 0.3) is 10.9 Å². The average molecular weight is 472 g/mol. The molecule has 1 aromatic carbocycles. The number of carbonyl (C=O) groups is 4. The Morgan fingerprint density at radius 3 is 2.35 bits per heavy atom. The molecular formula is C23H28N4O7. The van der Waals surface area contributed by atoms with Gasteiger partial charge in [0.2, 0.25) is 5.91 Å². The molecule has 1 aliphatic heterocycles. The third-order valence-corrected chi connectivity index (χ3v) is 5.80. The molecule has 1 unspecified atom stereocenters. The molecule has 2 heterocycles. The Kier molecular flexibility index (Phi) is 8.00. The van der Waals surface area contributed by atoms with Crippen LogP contribution in [0.1, 0.15) is 40.9 Å². The molecule has 0 bridgehead atoms. The molecule has 1 atom stereocenters. The summed E-state index contributed by atoms with van der Waals surface area (Å²) >= 11 is 0. The minimum Gasteiger partial charge on any atom is -0.481 e. The van der Waals surface area contributed by atoms with E-state index in [9.17, 15) is 29.4 Å². The third kappa shape index (κ3) is 5.25. The van der Waals surface area contributed by atoms with Crippen molar-refractivity contribution in [1.82, 2.24) is 14.8 Å². The van der Waals surface area contributed by atoms with Gasteiger partial charge in [0, 0.05) is 38.2 Å². The highest BCUT2D eigenvalue weighted by molar-refractivity contribution is 6.04. The van der Waals surface area contributed by atoms with Crippen LogP contribution in [0.4, 0.5) is 4.79 Å². The highest BCUT2D eigenvalue weighted by Crippen LogP contribution is 2.33. The van der Waals surface area contributed by atoms with Crippen molar-refractivity contribution in [3.8, 4) is 0 Å². The van der Waals surface area contributed by atoms with E-state index in [1.54, 1.807) is 36.1 Å². The van der Waals surface area contributed by atoms with Crippen molar-refractivity contribution in [3.05, 3.63) is 41.1 Å². The van der Waals surface area contributed by atoms with Gasteiger partial charge in [0.15, 0.2) is 0 Å². The van der Waals surface area contributed by atoms with Crippen LogP contribution in [0.3, 0.4) is 0 Å². The summed E-state index contributed by atoms with van der Waals surface area (Å²) in [4.78, 5) is 57.0. The number of carboxylic acid groups (broad SMARTS) is 1. The Balaban J connectivity index is 1.96. The fourth-order valence-electron chi connectivity index (χ4n) is 4.18. The normalized spacial score (nSPS) is 14.6. The highest BCUT2D eigenvalue weighted by Gasteiger charge is 2.31. The van der Waals surface area contributed by atoms with Gasteiger partial charge < -0.3 is 30.5 Å². The first-order valence-electron chi connectivity index (χ1n) is 11.0. The predicted octanol–water partition coefficient (Wildman–Crippen LogP) is 0.728. The number of hydrogen-bond acceptors (Lipinski definition) is 7. The van der Waals surface area contributed by atoms with Crippen LogP contribution >= 0.6 is 0 Å². The Labute approximate surface area is 196 Å². The number of pyridine rings is 1. The number of hydrogen-bond donors (Lipinski definition) is 3. The average Bonchev–Trinajstić information content (AvgIpc) is 2.81. The van der Waals surface area contributed by atoms with E-state index < -0.39 is 30.5 Å². The number of piperazine rings is 1. The van der Waals surface area contributed by atoms with Gasteiger partial charge in [-0.2, -0.15) is 0 Å². The number of aliphatic hydroxyl groups is 1. The molecule has 1 fully saturated rings. The molecule has 3 amide bonds. The quantitative estimate of drug-likeness (QED) is 0.506. The molecule has 1 saturated heterocycles. The number of ether oxygens (including phenoxy) is 1. The molecule has 0 aliphatic carbocycles. The van der Waals surface area contributed by atoms with E-state index in [2.05, 4.69) is 4.98 Å². The number of aliphatic hydroxyl groups excluding tert-OH is 1. The lowest BCUT2D eigenvalue weighted by atomic mass is 9.86. The van der Waals surface area contributed by atoms with Crippen molar-refractivity contribution in [3.63, 3.8) is 0 Å². The monoisotopic (exact) mass is 472 g/mol. The molecule has 1 aliphatic rings. The molecule has 4 N–H and O–H groups in total. The van der Waals surface area contributed by atoms with Crippen LogP contribution in [0.15, 0.2) is 24.3 Å². The number of benzene rings is 1. The topological polar surface area (TPSA) is 163 Å². The lowest BCUT2D eigenvalue weighted by Crippen LogP contribution is -2.51. The smallest absolute Gasteiger partial charge is 0.409 e. The number of fused-ring (bicyclic) bond motifs is 1. The van der Waals surface area contributed by atoms with Gasteiger partial charge in [-0.05, 0) is 25.0 Å². The van der Waals surface area contributed by atoms with Crippen LogP contribution in [-0.4, -0.2) is 88.3 Å². The summed E-state index contributed by atoms with van der Waals surface area (Å²) in [7, 11) is 0. The highest BCUT2D eigenvalue weighted by atomic mass is 16.6. The largest absolute Gasteiger partial charge is 0.481 e. The van der Waals surface area contributed by atoms with Gasteiger partial charge in [-0.25, -0.2) is 4.79 Å². The van der Waals surface area contributed by atoms with Crippen LogP contribution < -0.4 is 5.73 Å². The van der Waals surface area contributed by atoms with E-state index in [1.807, 2.05) is 0 Å².